The van der Waals surface area contributed by atoms with Gasteiger partial charge < -0.3 is 15.5 Å². The Labute approximate surface area is 112 Å². The molecular formula is C14H30N4. The number of nitrogens with zero attached hydrogens (tertiary/aromatic N) is 2. The van der Waals surface area contributed by atoms with E-state index < -0.39 is 0 Å². The monoisotopic (exact) mass is 254 g/mol. The van der Waals surface area contributed by atoms with Crippen LogP contribution in [0.4, 0.5) is 0 Å². The van der Waals surface area contributed by atoms with Gasteiger partial charge in [-0.1, -0.05) is 0 Å². The van der Waals surface area contributed by atoms with Crippen LogP contribution in [-0.2, 0) is 0 Å². The predicted octanol–water partition coefficient (Wildman–Crippen LogP) is 0.352. The lowest BCUT2D eigenvalue weighted by molar-refractivity contribution is 0.111. The molecule has 0 radical (unpaired) electrons. The van der Waals surface area contributed by atoms with E-state index in [1.807, 2.05) is 0 Å². The summed E-state index contributed by atoms with van der Waals surface area (Å²) in [5, 5.41) is 7.30. The Hall–Kier alpha value is -0.160. The van der Waals surface area contributed by atoms with E-state index in [9.17, 15) is 0 Å². The average Bonchev–Trinajstić information content (AvgIpc) is 2.83. The van der Waals surface area contributed by atoms with Crippen molar-refractivity contribution in [2.24, 2.45) is 0 Å². The molecule has 106 valence electrons. The van der Waals surface area contributed by atoms with Crippen molar-refractivity contribution < 1.29 is 0 Å². The van der Waals surface area contributed by atoms with Crippen molar-refractivity contribution in [2.75, 3.05) is 46.8 Å². The lowest BCUT2D eigenvalue weighted by atomic mass is 10.1. The zero-order valence-electron chi connectivity index (χ0n) is 12.3. The third-order valence-electron chi connectivity index (χ3n) is 4.48. The second-order valence-electron chi connectivity index (χ2n) is 6.23. The van der Waals surface area contributed by atoms with Gasteiger partial charge in [0.2, 0.25) is 0 Å². The van der Waals surface area contributed by atoms with Crippen molar-refractivity contribution in [1.29, 1.82) is 0 Å². The van der Waals surface area contributed by atoms with Crippen LogP contribution in [0.5, 0.6) is 0 Å². The van der Waals surface area contributed by atoms with Gasteiger partial charge in [0, 0.05) is 44.3 Å². The summed E-state index contributed by atoms with van der Waals surface area (Å²) in [5.74, 6) is 0. The Morgan fingerprint density at radius 2 is 2.17 bits per heavy atom. The lowest BCUT2D eigenvalue weighted by Gasteiger charge is -2.38. The molecule has 0 aromatic heterocycles. The van der Waals surface area contributed by atoms with Crippen molar-refractivity contribution >= 4 is 0 Å². The van der Waals surface area contributed by atoms with Gasteiger partial charge >= 0.3 is 0 Å². The van der Waals surface area contributed by atoms with Crippen molar-refractivity contribution in [3.8, 4) is 0 Å². The van der Waals surface area contributed by atoms with Crippen molar-refractivity contribution in [3.05, 3.63) is 0 Å². The standard InChI is InChI=1S/C14H30N4/c1-12(9-13-5-4-6-15-13)16-10-14-11-17(2)7-8-18(14)3/h12-16H,4-11H2,1-3H3. The molecule has 0 spiro atoms. The molecule has 2 fully saturated rings. The maximum absolute atomic E-state index is 3.72. The molecule has 0 amide bonds. The van der Waals surface area contributed by atoms with E-state index in [2.05, 4.69) is 41.5 Å². The quantitative estimate of drug-likeness (QED) is 0.741. The Morgan fingerprint density at radius 3 is 2.89 bits per heavy atom. The first-order valence-corrected chi connectivity index (χ1v) is 7.50. The van der Waals surface area contributed by atoms with Crippen LogP contribution in [0, 0.1) is 0 Å². The molecule has 2 N–H and O–H groups in total. The van der Waals surface area contributed by atoms with Crippen LogP contribution in [0.1, 0.15) is 26.2 Å². The van der Waals surface area contributed by atoms with Crippen LogP contribution in [0.25, 0.3) is 0 Å². The van der Waals surface area contributed by atoms with Gasteiger partial charge in [-0.05, 0) is 46.8 Å². The maximum Gasteiger partial charge on any atom is 0.0345 e. The molecule has 2 aliphatic rings. The first-order chi connectivity index (χ1) is 8.65. The number of hydrogen-bond acceptors (Lipinski definition) is 4. The second kappa shape index (κ2) is 6.85. The first kappa shape index (κ1) is 14.3. The zero-order chi connectivity index (χ0) is 13.0. The van der Waals surface area contributed by atoms with E-state index in [0.717, 1.165) is 12.6 Å². The molecule has 4 heteroatoms. The topological polar surface area (TPSA) is 30.5 Å². The minimum Gasteiger partial charge on any atom is -0.314 e. The molecule has 18 heavy (non-hydrogen) atoms. The normalized spacial score (nSPS) is 32.8. The van der Waals surface area contributed by atoms with Crippen molar-refractivity contribution in [1.82, 2.24) is 20.4 Å². The highest BCUT2D eigenvalue weighted by atomic mass is 15.3. The molecule has 2 rings (SSSR count). The molecule has 3 atom stereocenters. The Bertz CT molecular complexity index is 240. The molecule has 0 bridgehead atoms. The van der Waals surface area contributed by atoms with Crippen LogP contribution < -0.4 is 10.6 Å². The number of nitrogens with one attached hydrogen (secondary N) is 2. The summed E-state index contributed by atoms with van der Waals surface area (Å²) in [5.41, 5.74) is 0. The summed E-state index contributed by atoms with van der Waals surface area (Å²) in [6, 6.07) is 2.04. The third-order valence-corrected chi connectivity index (χ3v) is 4.48. The van der Waals surface area contributed by atoms with Crippen LogP contribution >= 0.6 is 0 Å². The summed E-state index contributed by atoms with van der Waals surface area (Å²) >= 11 is 0. The van der Waals surface area contributed by atoms with Gasteiger partial charge in [-0.25, -0.2) is 0 Å². The maximum atomic E-state index is 3.72. The van der Waals surface area contributed by atoms with Crippen LogP contribution in [0.15, 0.2) is 0 Å². The van der Waals surface area contributed by atoms with Crippen LogP contribution in [-0.4, -0.2) is 74.7 Å². The largest absolute Gasteiger partial charge is 0.314 e. The summed E-state index contributed by atoms with van der Waals surface area (Å²) in [6.07, 6.45) is 3.98. The highest BCUT2D eigenvalue weighted by Gasteiger charge is 2.23. The summed E-state index contributed by atoms with van der Waals surface area (Å²) in [6.45, 7) is 8.25. The second-order valence-corrected chi connectivity index (χ2v) is 6.23. The number of hydrogen-bond donors (Lipinski definition) is 2. The van der Waals surface area contributed by atoms with Gasteiger partial charge in [-0.3, -0.25) is 4.90 Å². The average molecular weight is 254 g/mol. The van der Waals surface area contributed by atoms with Gasteiger partial charge in [0.15, 0.2) is 0 Å². The van der Waals surface area contributed by atoms with E-state index in [1.165, 1.54) is 45.4 Å². The first-order valence-electron chi connectivity index (χ1n) is 7.50. The predicted molar refractivity (Wildman–Crippen MR) is 77.0 cm³/mol. The fraction of sp³-hybridized carbons (Fsp3) is 1.00. The van der Waals surface area contributed by atoms with E-state index in [4.69, 9.17) is 0 Å². The van der Waals surface area contributed by atoms with Crippen LogP contribution in [0.3, 0.4) is 0 Å². The van der Waals surface area contributed by atoms with E-state index in [-0.39, 0.29) is 0 Å². The molecule has 0 aliphatic carbocycles. The number of likely N-dealkylation sites (N-methyl/N-ethyl adjacent to an activating group) is 2. The van der Waals surface area contributed by atoms with E-state index >= 15 is 0 Å². The van der Waals surface area contributed by atoms with Crippen LogP contribution in [0.2, 0.25) is 0 Å². The molecular weight excluding hydrogens is 224 g/mol. The fourth-order valence-corrected chi connectivity index (χ4v) is 3.13. The molecule has 0 aromatic rings. The van der Waals surface area contributed by atoms with Gasteiger partial charge in [-0.2, -0.15) is 0 Å². The van der Waals surface area contributed by atoms with E-state index in [0.29, 0.717) is 12.1 Å². The van der Waals surface area contributed by atoms with Gasteiger partial charge in [-0.15, -0.1) is 0 Å². The highest BCUT2D eigenvalue weighted by Crippen LogP contribution is 2.11. The SMILES string of the molecule is CC(CC1CCCN1)NCC1CN(C)CCN1C. The molecule has 2 heterocycles. The third kappa shape index (κ3) is 4.19. The minimum absolute atomic E-state index is 0.626. The number of piperazine rings is 1. The Kier molecular flexibility index (Phi) is 5.42. The lowest BCUT2D eigenvalue weighted by Crippen LogP contribution is -2.54. The summed E-state index contributed by atoms with van der Waals surface area (Å²) in [7, 11) is 4.48. The smallest absolute Gasteiger partial charge is 0.0345 e. The molecule has 0 aromatic carbocycles. The van der Waals surface area contributed by atoms with Gasteiger partial charge in [0.05, 0.1) is 0 Å². The van der Waals surface area contributed by atoms with E-state index in [1.54, 1.807) is 0 Å². The summed E-state index contributed by atoms with van der Waals surface area (Å²) < 4.78 is 0. The molecule has 4 nitrogen and oxygen atoms in total. The van der Waals surface area contributed by atoms with Crippen molar-refractivity contribution in [2.45, 2.75) is 44.3 Å². The minimum atomic E-state index is 0.626. The fourth-order valence-electron chi connectivity index (χ4n) is 3.13. The Balaban J connectivity index is 1.66. The summed E-state index contributed by atoms with van der Waals surface area (Å²) in [4.78, 5) is 4.93. The van der Waals surface area contributed by atoms with Gasteiger partial charge in [0.25, 0.3) is 0 Å². The van der Waals surface area contributed by atoms with Gasteiger partial charge in [0.1, 0.15) is 0 Å². The molecule has 0 saturated carbocycles. The highest BCUT2D eigenvalue weighted by molar-refractivity contribution is 4.83. The Morgan fingerprint density at radius 1 is 1.33 bits per heavy atom. The molecule has 2 aliphatic heterocycles. The van der Waals surface area contributed by atoms with Crippen molar-refractivity contribution in [3.63, 3.8) is 0 Å². The number of rotatable bonds is 5. The molecule has 3 unspecified atom stereocenters. The molecule has 2 saturated heterocycles. The zero-order valence-corrected chi connectivity index (χ0v) is 12.3.